The molecule has 5 heterocycles. The topological polar surface area (TPSA) is 33.9 Å². The van der Waals surface area contributed by atoms with Gasteiger partial charge in [-0.3, -0.25) is 0 Å². The zero-order chi connectivity index (χ0) is 70.0. The predicted octanol–water partition coefficient (Wildman–Crippen LogP) is 28.0. The molecule has 0 saturated carbocycles. The molecule has 22 aromatic rings. The van der Waals surface area contributed by atoms with Crippen molar-refractivity contribution >= 4 is 170 Å². The van der Waals surface area contributed by atoms with Crippen LogP contribution in [0.4, 0.5) is 34.1 Å². The normalized spacial score (nSPS) is 12.3. The van der Waals surface area contributed by atoms with E-state index in [1.54, 1.807) is 0 Å². The minimum Gasteiger partial charge on any atom is -0.456 e. The number of para-hydroxylation sites is 4. The van der Waals surface area contributed by atoms with E-state index in [0.29, 0.717) is 0 Å². The first kappa shape index (κ1) is 60.0. The zero-order valence-electron chi connectivity index (χ0n) is 58.6. The van der Waals surface area contributed by atoms with Gasteiger partial charge >= 0.3 is 0 Å². The molecule has 5 aromatic heterocycles. The maximum atomic E-state index is 7.21. The number of furan rings is 1. The molecule has 0 aliphatic rings. The molecular formula is C100H67N5O. The molecule has 0 spiro atoms. The molecule has 106 heavy (non-hydrogen) atoms. The second-order valence-electron chi connectivity index (χ2n) is 29.6. The van der Waals surface area contributed by atoms with Gasteiger partial charge in [0.25, 0.3) is 0 Å². The highest BCUT2D eigenvalue weighted by atomic mass is 16.3. The lowest BCUT2D eigenvalue weighted by Crippen LogP contribution is -2.11. The number of nitrogens with zero attached hydrogens (tertiary/aromatic N) is 5. The van der Waals surface area contributed by atoms with Crippen LogP contribution in [-0.2, 0) is 5.41 Å². The summed E-state index contributed by atoms with van der Waals surface area (Å²) < 4.78 is 14.6. The van der Waals surface area contributed by atoms with Gasteiger partial charge in [-0.2, -0.15) is 0 Å². The first-order valence-electron chi connectivity index (χ1n) is 36.7. The lowest BCUT2D eigenvalue weighted by Gasteiger charge is -2.28. The number of hydrogen-bond acceptors (Lipinski definition) is 3. The molecule has 0 amide bonds. The van der Waals surface area contributed by atoms with Crippen LogP contribution in [0.5, 0.6) is 0 Å². The van der Waals surface area contributed by atoms with E-state index in [1.807, 2.05) is 0 Å². The summed E-state index contributed by atoms with van der Waals surface area (Å²) >= 11 is 0. The summed E-state index contributed by atoms with van der Waals surface area (Å²) in [4.78, 5) is 5.01. The fraction of sp³-hybridized carbons (Fsp3) is 0.0400. The Bertz CT molecular complexity index is 7360. The van der Waals surface area contributed by atoms with Gasteiger partial charge in [-0.1, -0.05) is 221 Å². The molecule has 0 fully saturated rings. The average Bonchev–Trinajstić information content (AvgIpc) is 1.52. The van der Waals surface area contributed by atoms with Crippen LogP contribution in [0.1, 0.15) is 26.3 Å². The lowest BCUT2D eigenvalue weighted by molar-refractivity contribution is 0.591. The van der Waals surface area contributed by atoms with Crippen molar-refractivity contribution in [2.24, 2.45) is 0 Å². The van der Waals surface area contributed by atoms with Crippen LogP contribution in [-0.4, -0.2) is 13.5 Å². The van der Waals surface area contributed by atoms with Crippen molar-refractivity contribution in [2.45, 2.75) is 26.2 Å². The highest BCUT2D eigenvalue weighted by molar-refractivity contribution is 6.31. The number of aromatic nitrogens is 3. The van der Waals surface area contributed by atoms with Gasteiger partial charge in [-0.15, -0.1) is 0 Å². The smallest absolute Gasteiger partial charge is 0.137 e. The van der Waals surface area contributed by atoms with E-state index < -0.39 is 0 Å². The van der Waals surface area contributed by atoms with Crippen molar-refractivity contribution in [1.29, 1.82) is 0 Å². The summed E-state index contributed by atoms with van der Waals surface area (Å²) in [6, 6.07) is 130. The monoisotopic (exact) mass is 1350 g/mol. The van der Waals surface area contributed by atoms with Gasteiger partial charge in [0.2, 0.25) is 0 Å². The molecular weight excluding hydrogens is 1290 g/mol. The molecule has 6 nitrogen and oxygen atoms in total. The quantitative estimate of drug-likeness (QED) is 0.137. The van der Waals surface area contributed by atoms with E-state index in [2.05, 4.69) is 396 Å². The van der Waals surface area contributed by atoms with Gasteiger partial charge in [-0.05, 0) is 211 Å². The molecule has 0 atom stereocenters. The van der Waals surface area contributed by atoms with Crippen LogP contribution in [0, 0.1) is 0 Å². The van der Waals surface area contributed by atoms with Crippen molar-refractivity contribution in [3.05, 3.63) is 357 Å². The molecule has 22 rings (SSSR count). The van der Waals surface area contributed by atoms with E-state index in [4.69, 9.17) is 4.42 Å². The Kier molecular flexibility index (Phi) is 13.0. The highest BCUT2D eigenvalue weighted by Gasteiger charge is 2.30. The van der Waals surface area contributed by atoms with Crippen LogP contribution in [0.3, 0.4) is 0 Å². The Labute approximate surface area is 611 Å². The summed E-state index contributed by atoms with van der Waals surface area (Å²) in [5.74, 6) is 0. The maximum Gasteiger partial charge on any atom is 0.137 e. The third kappa shape index (κ3) is 9.04. The van der Waals surface area contributed by atoms with Gasteiger partial charge in [0, 0.05) is 88.4 Å². The molecule has 0 aliphatic carbocycles. The summed E-state index contributed by atoms with van der Waals surface area (Å²) in [5, 5.41) is 18.7. The minimum absolute atomic E-state index is 0.111. The van der Waals surface area contributed by atoms with Crippen molar-refractivity contribution in [2.75, 3.05) is 9.80 Å². The Hall–Kier alpha value is -13.7. The van der Waals surface area contributed by atoms with Crippen molar-refractivity contribution < 1.29 is 4.42 Å². The Morgan fingerprint density at radius 1 is 0.255 bits per heavy atom. The van der Waals surface area contributed by atoms with E-state index in [-0.39, 0.29) is 5.41 Å². The zero-order valence-corrected chi connectivity index (χ0v) is 58.6. The third-order valence-electron chi connectivity index (χ3n) is 22.6. The highest BCUT2D eigenvalue weighted by Crippen LogP contribution is 2.53. The van der Waals surface area contributed by atoms with Gasteiger partial charge < -0.3 is 27.8 Å². The number of benzene rings is 17. The molecule has 0 N–H and O–H groups in total. The van der Waals surface area contributed by atoms with E-state index in [0.717, 1.165) is 106 Å². The van der Waals surface area contributed by atoms with E-state index >= 15 is 0 Å². The minimum atomic E-state index is -0.111. The van der Waals surface area contributed by atoms with Crippen LogP contribution < -0.4 is 9.80 Å². The standard InChI is InChI=1S/C100H67N5O/c1-100(2,3)71-45-51-86-83(59-71)98-91(104(75-47-43-67-55-65(39-41-69(67)57-75)63-24-10-5-11-25-63)90-37-21-36-89-97(90)79-31-17-19-33-85(79)103(89)73-28-14-7-15-29-73)52-50-77-82-61-81-70(58-92(82)105(86)99(77)98)44-53-93-95(81)80-49-48-76(60-94(80)106-93)101(74-46-42-66-54-64(38-40-68(66)56-74)62-22-8-4-9-23-62)87-34-20-35-88-96(87)78-30-16-18-32-84(78)102(88)72-26-12-6-13-27-72/h4-61H,1-3H3. The Balaban J connectivity index is 0.759. The summed E-state index contributed by atoms with van der Waals surface area (Å²) in [6.45, 7) is 6.99. The first-order chi connectivity index (χ1) is 52.2. The predicted molar refractivity (Wildman–Crippen MR) is 449 cm³/mol. The molecule has 0 aliphatic heterocycles. The van der Waals surface area contributed by atoms with E-state index in [1.165, 1.54) is 104 Å². The number of fused-ring (bicyclic) bond motifs is 19. The number of rotatable bonds is 10. The van der Waals surface area contributed by atoms with Gasteiger partial charge in [-0.25, -0.2) is 0 Å². The van der Waals surface area contributed by atoms with Crippen molar-refractivity contribution in [3.8, 4) is 33.6 Å². The molecule has 6 heteroatoms. The SMILES string of the molecule is CC(C)(C)c1ccc2c(c1)c1c(N(c3ccc4cc(-c5ccccc5)ccc4c3)c3cccc4c3c3ccccc3n4-c3ccccc3)ccc3c4cc5c(ccc6oc7cc(N(c8ccc9cc(-c%10ccccc%10)ccc9c8)c8cccc9c8c8ccccc8n9-c8ccccc8)ccc7c65)cc4n2c31. The molecule has 0 bridgehead atoms. The fourth-order valence-electron chi connectivity index (χ4n) is 17.7. The second-order valence-corrected chi connectivity index (χ2v) is 29.6. The average molecular weight is 1350 g/mol. The molecule has 498 valence electrons. The van der Waals surface area contributed by atoms with E-state index in [9.17, 15) is 0 Å². The second kappa shape index (κ2) is 22.9. The van der Waals surface area contributed by atoms with Gasteiger partial charge in [0.15, 0.2) is 0 Å². The summed E-state index contributed by atoms with van der Waals surface area (Å²) in [5.41, 5.74) is 24.5. The van der Waals surface area contributed by atoms with Crippen LogP contribution in [0.2, 0.25) is 0 Å². The molecule has 0 radical (unpaired) electrons. The number of anilines is 6. The molecule has 0 unspecified atom stereocenters. The Morgan fingerprint density at radius 3 is 1.35 bits per heavy atom. The fourth-order valence-corrected chi connectivity index (χ4v) is 17.7. The number of hydrogen-bond donors (Lipinski definition) is 0. The van der Waals surface area contributed by atoms with Crippen LogP contribution >= 0.6 is 0 Å². The maximum absolute atomic E-state index is 7.21. The Morgan fingerprint density at radius 2 is 0.745 bits per heavy atom. The molecule has 0 saturated heterocycles. The summed E-state index contributed by atoms with van der Waals surface area (Å²) in [6.07, 6.45) is 0. The van der Waals surface area contributed by atoms with Crippen LogP contribution in [0.25, 0.3) is 170 Å². The van der Waals surface area contributed by atoms with Gasteiger partial charge in [0.05, 0.1) is 55.7 Å². The lowest BCUT2D eigenvalue weighted by atomic mass is 9.86. The molecule has 17 aromatic carbocycles. The summed E-state index contributed by atoms with van der Waals surface area (Å²) in [7, 11) is 0. The van der Waals surface area contributed by atoms with Crippen LogP contribution in [0.15, 0.2) is 356 Å². The third-order valence-corrected chi connectivity index (χ3v) is 22.6. The van der Waals surface area contributed by atoms with Gasteiger partial charge in [0.1, 0.15) is 11.2 Å². The van der Waals surface area contributed by atoms with Crippen molar-refractivity contribution in [3.63, 3.8) is 0 Å². The first-order valence-corrected chi connectivity index (χ1v) is 36.7. The largest absolute Gasteiger partial charge is 0.456 e. The van der Waals surface area contributed by atoms with Crippen molar-refractivity contribution in [1.82, 2.24) is 13.5 Å².